The predicted molar refractivity (Wildman–Crippen MR) is 96.1 cm³/mol. The van der Waals surface area contributed by atoms with Gasteiger partial charge in [0.2, 0.25) is 11.1 Å². The number of rotatable bonds is 6. The van der Waals surface area contributed by atoms with Crippen LogP contribution in [-0.2, 0) is 11.8 Å². The number of aryl methyl sites for hydroxylation is 1. The first-order chi connectivity index (χ1) is 12.1. The van der Waals surface area contributed by atoms with Gasteiger partial charge < -0.3 is 10.1 Å². The van der Waals surface area contributed by atoms with E-state index < -0.39 is 0 Å². The molecule has 0 bridgehead atoms. The maximum atomic E-state index is 12.2. The van der Waals surface area contributed by atoms with Crippen molar-refractivity contribution >= 4 is 35.0 Å². The summed E-state index contributed by atoms with van der Waals surface area (Å²) in [5.41, 5.74) is 0.498. The molecule has 1 N–H and O–H groups in total. The normalized spacial score (nSPS) is 10.5. The van der Waals surface area contributed by atoms with Gasteiger partial charge in [-0.2, -0.15) is 0 Å². The predicted octanol–water partition coefficient (Wildman–Crippen LogP) is 3.39. The smallest absolute Gasteiger partial charge is 0.234 e. The summed E-state index contributed by atoms with van der Waals surface area (Å²) in [6.45, 7) is 0. The first-order valence-electron chi connectivity index (χ1n) is 7.29. The molecule has 0 aliphatic carbocycles. The van der Waals surface area contributed by atoms with Gasteiger partial charge in [0, 0.05) is 12.1 Å². The zero-order valence-corrected chi connectivity index (χ0v) is 14.8. The minimum atomic E-state index is -0.215. The molecule has 1 heterocycles. The number of amides is 1. The van der Waals surface area contributed by atoms with Crippen LogP contribution in [0, 0.1) is 0 Å². The summed E-state index contributed by atoms with van der Waals surface area (Å²) in [6, 6.07) is 14.4. The molecular weight excluding hydrogens is 362 g/mol. The van der Waals surface area contributed by atoms with E-state index in [4.69, 9.17) is 16.3 Å². The van der Waals surface area contributed by atoms with Crippen molar-refractivity contribution in [2.45, 2.75) is 5.16 Å². The number of carbonyl (C=O) groups is 1. The average molecular weight is 376 g/mol. The number of ether oxygens (including phenoxy) is 1. The number of nitrogens with zero attached hydrogens (tertiary/aromatic N) is 4. The molecule has 0 fully saturated rings. The lowest BCUT2D eigenvalue weighted by Gasteiger charge is -2.12. The van der Waals surface area contributed by atoms with Crippen molar-refractivity contribution in [3.8, 4) is 11.5 Å². The number of carbonyl (C=O) groups excluding carboxylic acids is 1. The van der Waals surface area contributed by atoms with Crippen molar-refractivity contribution in [1.82, 2.24) is 20.2 Å². The van der Waals surface area contributed by atoms with E-state index in [0.29, 0.717) is 27.4 Å². The third-order valence-electron chi connectivity index (χ3n) is 3.10. The van der Waals surface area contributed by atoms with Gasteiger partial charge in [-0.3, -0.25) is 4.79 Å². The highest BCUT2D eigenvalue weighted by atomic mass is 35.5. The Kier molecular flexibility index (Phi) is 5.52. The van der Waals surface area contributed by atoms with Crippen molar-refractivity contribution in [2.24, 2.45) is 7.05 Å². The number of hydrogen-bond acceptors (Lipinski definition) is 6. The standard InChI is InChI=1S/C16H14ClN5O2S/c1-22-16(19-20-21-22)25-10-15(23)18-13-9-11(17)7-8-14(13)24-12-5-3-2-4-6-12/h2-9H,10H2,1H3,(H,18,23). The van der Waals surface area contributed by atoms with E-state index in [0.717, 1.165) is 0 Å². The lowest BCUT2D eigenvalue weighted by Crippen LogP contribution is -2.15. The minimum absolute atomic E-state index is 0.158. The van der Waals surface area contributed by atoms with Gasteiger partial charge in [-0.25, -0.2) is 4.68 Å². The molecule has 3 aromatic rings. The van der Waals surface area contributed by atoms with Crippen molar-refractivity contribution in [2.75, 3.05) is 11.1 Å². The number of thioether (sulfide) groups is 1. The molecule has 25 heavy (non-hydrogen) atoms. The largest absolute Gasteiger partial charge is 0.455 e. The molecule has 0 unspecified atom stereocenters. The topological polar surface area (TPSA) is 81.9 Å². The summed E-state index contributed by atoms with van der Waals surface area (Å²) in [4.78, 5) is 12.2. The van der Waals surface area contributed by atoms with Crippen LogP contribution in [0.1, 0.15) is 0 Å². The first kappa shape index (κ1) is 17.2. The number of benzene rings is 2. The quantitative estimate of drug-likeness (QED) is 0.665. The van der Waals surface area contributed by atoms with Crippen LogP contribution in [0.4, 0.5) is 5.69 Å². The van der Waals surface area contributed by atoms with Crippen LogP contribution in [0.5, 0.6) is 11.5 Å². The maximum absolute atomic E-state index is 12.2. The third kappa shape index (κ3) is 4.71. The van der Waals surface area contributed by atoms with Gasteiger partial charge in [0.05, 0.1) is 11.4 Å². The van der Waals surface area contributed by atoms with Gasteiger partial charge >= 0.3 is 0 Å². The SMILES string of the molecule is Cn1nnnc1SCC(=O)Nc1cc(Cl)ccc1Oc1ccccc1. The fourth-order valence-corrected chi connectivity index (χ4v) is 2.79. The van der Waals surface area contributed by atoms with Crippen LogP contribution in [0.15, 0.2) is 53.7 Å². The van der Waals surface area contributed by atoms with Crippen molar-refractivity contribution in [3.05, 3.63) is 53.6 Å². The average Bonchev–Trinajstić information content (AvgIpc) is 3.01. The third-order valence-corrected chi connectivity index (χ3v) is 4.35. The minimum Gasteiger partial charge on any atom is -0.455 e. The fraction of sp³-hybridized carbons (Fsp3) is 0.125. The van der Waals surface area contributed by atoms with Gasteiger partial charge in [0.1, 0.15) is 5.75 Å². The van der Waals surface area contributed by atoms with E-state index in [9.17, 15) is 4.79 Å². The molecule has 1 aromatic heterocycles. The summed E-state index contributed by atoms with van der Waals surface area (Å²) in [5, 5.41) is 14.9. The van der Waals surface area contributed by atoms with E-state index in [1.807, 2.05) is 30.3 Å². The van der Waals surface area contributed by atoms with Crippen molar-refractivity contribution in [3.63, 3.8) is 0 Å². The summed E-state index contributed by atoms with van der Waals surface area (Å²) in [5.74, 6) is 1.12. The summed E-state index contributed by atoms with van der Waals surface area (Å²) < 4.78 is 7.32. The summed E-state index contributed by atoms with van der Waals surface area (Å²) in [7, 11) is 1.71. The van der Waals surface area contributed by atoms with Crippen molar-refractivity contribution < 1.29 is 9.53 Å². The van der Waals surface area contributed by atoms with Gasteiger partial charge in [-0.1, -0.05) is 41.6 Å². The molecule has 2 aromatic carbocycles. The molecule has 9 heteroatoms. The van der Waals surface area contributed by atoms with Crippen LogP contribution in [0.25, 0.3) is 0 Å². The molecule has 0 atom stereocenters. The molecule has 0 radical (unpaired) electrons. The molecule has 0 aliphatic heterocycles. The Morgan fingerprint density at radius 1 is 1.28 bits per heavy atom. The number of anilines is 1. The molecule has 0 saturated carbocycles. The second-order valence-electron chi connectivity index (χ2n) is 4.98. The van der Waals surface area contributed by atoms with E-state index in [-0.39, 0.29) is 11.7 Å². The molecule has 128 valence electrons. The molecule has 7 nitrogen and oxygen atoms in total. The molecule has 0 aliphatic rings. The number of para-hydroxylation sites is 1. The van der Waals surface area contributed by atoms with Crippen LogP contribution >= 0.6 is 23.4 Å². The first-order valence-corrected chi connectivity index (χ1v) is 8.65. The lowest BCUT2D eigenvalue weighted by molar-refractivity contribution is -0.113. The highest BCUT2D eigenvalue weighted by molar-refractivity contribution is 7.99. The van der Waals surface area contributed by atoms with Gasteiger partial charge in [-0.15, -0.1) is 5.10 Å². The number of halogens is 1. The van der Waals surface area contributed by atoms with Crippen LogP contribution in [-0.4, -0.2) is 31.9 Å². The highest BCUT2D eigenvalue weighted by Crippen LogP contribution is 2.32. The zero-order valence-electron chi connectivity index (χ0n) is 13.2. The molecule has 0 saturated heterocycles. The van der Waals surface area contributed by atoms with Gasteiger partial charge in [0.25, 0.3) is 0 Å². The van der Waals surface area contributed by atoms with E-state index in [2.05, 4.69) is 20.8 Å². The van der Waals surface area contributed by atoms with Crippen molar-refractivity contribution in [1.29, 1.82) is 0 Å². The molecular formula is C16H14ClN5O2S. The Hall–Kier alpha value is -2.58. The molecule has 1 amide bonds. The maximum Gasteiger partial charge on any atom is 0.234 e. The Bertz CT molecular complexity index is 872. The molecule has 3 rings (SSSR count). The zero-order chi connectivity index (χ0) is 17.6. The Labute approximate surface area is 153 Å². The number of nitrogens with one attached hydrogen (secondary N) is 1. The summed E-state index contributed by atoms with van der Waals surface area (Å²) >= 11 is 7.28. The highest BCUT2D eigenvalue weighted by Gasteiger charge is 2.12. The summed E-state index contributed by atoms with van der Waals surface area (Å²) in [6.07, 6.45) is 0. The van der Waals surface area contributed by atoms with Gasteiger partial charge in [-0.05, 0) is 40.8 Å². The van der Waals surface area contributed by atoms with Crippen LogP contribution in [0.2, 0.25) is 5.02 Å². The van der Waals surface area contributed by atoms with Gasteiger partial charge in [0.15, 0.2) is 5.75 Å². The Balaban J connectivity index is 1.69. The van der Waals surface area contributed by atoms with E-state index in [1.165, 1.54) is 16.4 Å². The molecule has 0 spiro atoms. The Morgan fingerprint density at radius 2 is 2.08 bits per heavy atom. The van der Waals surface area contributed by atoms with Crippen LogP contribution < -0.4 is 10.1 Å². The number of tetrazole rings is 1. The fourth-order valence-electron chi connectivity index (χ4n) is 1.96. The number of aromatic nitrogens is 4. The monoisotopic (exact) mass is 375 g/mol. The second-order valence-corrected chi connectivity index (χ2v) is 6.36. The second kappa shape index (κ2) is 8.00. The lowest BCUT2D eigenvalue weighted by atomic mass is 10.3. The van der Waals surface area contributed by atoms with Crippen LogP contribution in [0.3, 0.4) is 0 Å². The van der Waals surface area contributed by atoms with E-state index >= 15 is 0 Å². The van der Waals surface area contributed by atoms with E-state index in [1.54, 1.807) is 25.2 Å². The number of hydrogen-bond donors (Lipinski definition) is 1. The Morgan fingerprint density at radius 3 is 2.80 bits per heavy atom.